The molecule has 0 bridgehead atoms. The molecule has 0 atom stereocenters. The summed E-state index contributed by atoms with van der Waals surface area (Å²) in [7, 11) is 0. The third-order valence-electron chi connectivity index (χ3n) is 4.30. The Hall–Kier alpha value is -1.99. The van der Waals surface area contributed by atoms with Gasteiger partial charge in [-0.05, 0) is 12.1 Å². The Morgan fingerprint density at radius 2 is 1.96 bits per heavy atom. The third-order valence-corrected chi connectivity index (χ3v) is 5.13. The van der Waals surface area contributed by atoms with Crippen molar-refractivity contribution in [1.29, 1.82) is 0 Å². The molecule has 5 nitrogen and oxygen atoms in total. The highest BCUT2D eigenvalue weighted by molar-refractivity contribution is 7.13. The van der Waals surface area contributed by atoms with Crippen molar-refractivity contribution in [3.63, 3.8) is 0 Å². The summed E-state index contributed by atoms with van der Waals surface area (Å²) >= 11 is 1.70. The summed E-state index contributed by atoms with van der Waals surface area (Å²) in [4.78, 5) is 13.5. The van der Waals surface area contributed by atoms with E-state index < -0.39 is 0 Å². The van der Waals surface area contributed by atoms with Gasteiger partial charge in [-0.3, -0.25) is 4.90 Å². The van der Waals surface area contributed by atoms with E-state index in [1.807, 2.05) is 11.6 Å². The van der Waals surface area contributed by atoms with Crippen LogP contribution in [0.2, 0.25) is 0 Å². The molecule has 1 aromatic carbocycles. The first kappa shape index (κ1) is 14.6. The van der Waals surface area contributed by atoms with Gasteiger partial charge in [-0.1, -0.05) is 0 Å². The largest absolute Gasteiger partial charge is 0.346 e. The summed E-state index contributed by atoms with van der Waals surface area (Å²) in [5.74, 6) is -0.235. The molecule has 3 heterocycles. The fraction of sp³-hybridized carbons (Fsp3) is 0.375. The lowest BCUT2D eigenvalue weighted by Crippen LogP contribution is -2.47. The minimum Gasteiger partial charge on any atom is -0.346 e. The van der Waals surface area contributed by atoms with Crippen LogP contribution in [0.25, 0.3) is 11.0 Å². The number of hydrogen-bond donors (Lipinski definition) is 0. The number of benzene rings is 1. The molecule has 1 aliphatic heterocycles. The van der Waals surface area contributed by atoms with Gasteiger partial charge < -0.3 is 9.47 Å². The van der Waals surface area contributed by atoms with Crippen molar-refractivity contribution in [2.75, 3.05) is 37.6 Å². The van der Waals surface area contributed by atoms with Crippen molar-refractivity contribution in [3.8, 4) is 0 Å². The number of rotatable bonds is 4. The van der Waals surface area contributed by atoms with Crippen LogP contribution in [0.1, 0.15) is 0 Å². The Balaban J connectivity index is 1.34. The molecule has 4 rings (SSSR count). The van der Waals surface area contributed by atoms with Gasteiger partial charge in [-0.15, -0.1) is 11.3 Å². The quantitative estimate of drug-likeness (QED) is 0.736. The molecule has 0 saturated carbocycles. The highest BCUT2D eigenvalue weighted by Gasteiger charge is 2.18. The molecular weight excluding hydrogens is 313 g/mol. The molecule has 1 saturated heterocycles. The minimum atomic E-state index is -0.235. The van der Waals surface area contributed by atoms with Gasteiger partial charge in [-0.25, -0.2) is 14.4 Å². The van der Waals surface area contributed by atoms with Crippen molar-refractivity contribution in [2.24, 2.45) is 0 Å². The number of piperazine rings is 1. The fourth-order valence-electron chi connectivity index (χ4n) is 3.00. The van der Waals surface area contributed by atoms with E-state index in [4.69, 9.17) is 0 Å². The standard InChI is InChI=1S/C16H18FN5S/c17-13-1-2-15-14(11-13)19-12-22(15)9-6-20-4-7-21(8-5-20)16-18-3-10-23-16/h1-3,10-12H,4-9H2. The smallest absolute Gasteiger partial charge is 0.185 e. The molecule has 3 aromatic rings. The van der Waals surface area contributed by atoms with Crippen molar-refractivity contribution in [2.45, 2.75) is 6.54 Å². The van der Waals surface area contributed by atoms with Gasteiger partial charge >= 0.3 is 0 Å². The van der Waals surface area contributed by atoms with Crippen LogP contribution in [0.3, 0.4) is 0 Å². The number of thiazole rings is 1. The summed E-state index contributed by atoms with van der Waals surface area (Å²) in [6.07, 6.45) is 3.66. The van der Waals surface area contributed by atoms with E-state index in [2.05, 4.69) is 24.3 Å². The first-order valence-corrected chi connectivity index (χ1v) is 8.65. The Labute approximate surface area is 138 Å². The zero-order valence-corrected chi connectivity index (χ0v) is 13.5. The molecule has 23 heavy (non-hydrogen) atoms. The molecule has 0 amide bonds. The lowest BCUT2D eigenvalue weighted by Gasteiger charge is -2.34. The van der Waals surface area contributed by atoms with Crippen molar-refractivity contribution in [3.05, 3.63) is 41.9 Å². The van der Waals surface area contributed by atoms with Gasteiger partial charge in [0.2, 0.25) is 0 Å². The lowest BCUT2D eigenvalue weighted by molar-refractivity contribution is 0.249. The van der Waals surface area contributed by atoms with Crippen molar-refractivity contribution < 1.29 is 4.39 Å². The van der Waals surface area contributed by atoms with Gasteiger partial charge in [0.1, 0.15) is 5.82 Å². The normalized spacial score (nSPS) is 16.3. The zero-order chi connectivity index (χ0) is 15.6. The first-order valence-electron chi connectivity index (χ1n) is 7.77. The number of halogens is 1. The summed E-state index contributed by atoms with van der Waals surface area (Å²) in [5.41, 5.74) is 1.71. The van der Waals surface area contributed by atoms with Crippen molar-refractivity contribution in [1.82, 2.24) is 19.4 Å². The number of nitrogens with zero attached hydrogens (tertiary/aromatic N) is 5. The second-order valence-electron chi connectivity index (χ2n) is 5.71. The topological polar surface area (TPSA) is 37.2 Å². The molecule has 7 heteroatoms. The predicted octanol–water partition coefficient (Wildman–Crippen LogP) is 2.45. The number of imidazole rings is 1. The monoisotopic (exact) mass is 331 g/mol. The predicted molar refractivity (Wildman–Crippen MR) is 90.5 cm³/mol. The van der Waals surface area contributed by atoms with E-state index in [-0.39, 0.29) is 5.82 Å². The van der Waals surface area contributed by atoms with Crippen LogP contribution < -0.4 is 4.90 Å². The van der Waals surface area contributed by atoms with Gasteiger partial charge in [0.15, 0.2) is 5.13 Å². The highest BCUT2D eigenvalue weighted by atomic mass is 32.1. The average molecular weight is 331 g/mol. The molecule has 1 fully saturated rings. The van der Waals surface area contributed by atoms with Crippen LogP contribution in [-0.4, -0.2) is 52.2 Å². The summed E-state index contributed by atoms with van der Waals surface area (Å²) in [6.45, 7) is 5.97. The SMILES string of the molecule is Fc1ccc2c(c1)ncn2CCN1CCN(c2nccs2)CC1. The van der Waals surface area contributed by atoms with Crippen LogP contribution in [0.4, 0.5) is 9.52 Å². The van der Waals surface area contributed by atoms with E-state index in [1.165, 1.54) is 12.1 Å². The van der Waals surface area contributed by atoms with E-state index in [0.29, 0.717) is 0 Å². The Morgan fingerprint density at radius 3 is 2.74 bits per heavy atom. The Morgan fingerprint density at radius 1 is 1.09 bits per heavy atom. The molecule has 1 aliphatic rings. The zero-order valence-electron chi connectivity index (χ0n) is 12.7. The third kappa shape index (κ3) is 3.07. The van der Waals surface area contributed by atoms with E-state index >= 15 is 0 Å². The second kappa shape index (κ2) is 6.25. The molecule has 0 unspecified atom stereocenters. The number of fused-ring (bicyclic) bond motifs is 1. The van der Waals surface area contributed by atoms with Gasteiger partial charge in [0.25, 0.3) is 0 Å². The van der Waals surface area contributed by atoms with Crippen LogP contribution in [0.15, 0.2) is 36.1 Å². The average Bonchev–Trinajstić information content (AvgIpc) is 3.23. The van der Waals surface area contributed by atoms with Crippen LogP contribution in [0.5, 0.6) is 0 Å². The molecule has 0 spiro atoms. The highest BCUT2D eigenvalue weighted by Crippen LogP contribution is 2.19. The fourth-order valence-corrected chi connectivity index (χ4v) is 3.70. The molecule has 0 aliphatic carbocycles. The van der Waals surface area contributed by atoms with Crippen molar-refractivity contribution >= 4 is 27.5 Å². The molecule has 0 radical (unpaired) electrons. The maximum Gasteiger partial charge on any atom is 0.185 e. The minimum absolute atomic E-state index is 0.235. The Bertz CT molecular complexity index is 777. The summed E-state index contributed by atoms with van der Waals surface area (Å²) < 4.78 is 15.3. The van der Waals surface area contributed by atoms with Crippen LogP contribution in [-0.2, 0) is 6.54 Å². The van der Waals surface area contributed by atoms with E-state index in [0.717, 1.165) is 55.4 Å². The molecular formula is C16H18FN5S. The second-order valence-corrected chi connectivity index (χ2v) is 6.59. The van der Waals surface area contributed by atoms with E-state index in [1.54, 1.807) is 23.7 Å². The van der Waals surface area contributed by atoms with Gasteiger partial charge in [0.05, 0.1) is 17.4 Å². The molecule has 120 valence electrons. The molecule has 0 N–H and O–H groups in total. The lowest BCUT2D eigenvalue weighted by atomic mass is 10.3. The van der Waals surface area contributed by atoms with Crippen LogP contribution in [0, 0.1) is 5.82 Å². The first-order chi connectivity index (χ1) is 11.3. The number of aromatic nitrogens is 3. The maximum atomic E-state index is 13.2. The van der Waals surface area contributed by atoms with Crippen LogP contribution >= 0.6 is 11.3 Å². The summed E-state index contributed by atoms with van der Waals surface area (Å²) in [5, 5.41) is 3.14. The number of anilines is 1. The van der Waals surface area contributed by atoms with Gasteiger partial charge in [-0.2, -0.15) is 0 Å². The molecule has 2 aromatic heterocycles. The Kier molecular flexibility index (Phi) is 3.97. The summed E-state index contributed by atoms with van der Waals surface area (Å²) in [6, 6.07) is 4.78. The van der Waals surface area contributed by atoms with E-state index in [9.17, 15) is 4.39 Å². The van der Waals surface area contributed by atoms with Gasteiger partial charge in [0, 0.05) is 56.9 Å². The maximum absolute atomic E-state index is 13.2. The number of hydrogen-bond acceptors (Lipinski definition) is 5.